The van der Waals surface area contributed by atoms with Crippen molar-refractivity contribution in [2.75, 3.05) is 13.2 Å². The van der Waals surface area contributed by atoms with Gasteiger partial charge >= 0.3 is 0 Å². The first kappa shape index (κ1) is 19.3. The van der Waals surface area contributed by atoms with E-state index in [0.717, 1.165) is 28.7 Å². The Hall–Kier alpha value is -3.04. The predicted molar refractivity (Wildman–Crippen MR) is 119 cm³/mol. The lowest BCUT2D eigenvalue weighted by molar-refractivity contribution is -0.0737. The summed E-state index contributed by atoms with van der Waals surface area (Å²) in [6.45, 7) is 4.95. The van der Waals surface area contributed by atoms with E-state index in [1.807, 2.05) is 31.2 Å². The third kappa shape index (κ3) is 4.52. The monoisotopic (exact) mass is 386 g/mol. The van der Waals surface area contributed by atoms with E-state index in [0.29, 0.717) is 13.2 Å². The summed E-state index contributed by atoms with van der Waals surface area (Å²) in [5.41, 5.74) is 1.29. The predicted octanol–water partition coefficient (Wildman–Crippen LogP) is 6.38. The van der Waals surface area contributed by atoms with Gasteiger partial charge in [0.25, 0.3) is 0 Å². The second-order valence-electron chi connectivity index (χ2n) is 7.05. The maximum Gasteiger partial charge on any atom is 0.197 e. The van der Waals surface area contributed by atoms with E-state index < -0.39 is 0 Å². The van der Waals surface area contributed by atoms with Crippen LogP contribution in [-0.2, 0) is 11.2 Å². The summed E-state index contributed by atoms with van der Waals surface area (Å²) in [4.78, 5) is 0. The fourth-order valence-electron chi connectivity index (χ4n) is 3.51. The van der Waals surface area contributed by atoms with E-state index in [1.165, 1.54) is 16.3 Å². The SMILES string of the molecule is CCc1ccc(OC(C)OCCOc2c3ccccc3cc3ccccc23)cc1. The van der Waals surface area contributed by atoms with Crippen molar-refractivity contribution in [3.8, 4) is 11.5 Å². The Labute approximate surface area is 171 Å². The zero-order chi connectivity index (χ0) is 20.1. The van der Waals surface area contributed by atoms with Crippen LogP contribution in [0.3, 0.4) is 0 Å². The highest BCUT2D eigenvalue weighted by atomic mass is 16.7. The molecule has 0 fully saturated rings. The molecular weight excluding hydrogens is 360 g/mol. The maximum atomic E-state index is 6.18. The van der Waals surface area contributed by atoms with Crippen molar-refractivity contribution in [2.45, 2.75) is 26.6 Å². The van der Waals surface area contributed by atoms with Crippen molar-refractivity contribution < 1.29 is 14.2 Å². The number of rotatable bonds is 8. The van der Waals surface area contributed by atoms with Crippen LogP contribution in [0, 0.1) is 0 Å². The van der Waals surface area contributed by atoms with E-state index in [9.17, 15) is 0 Å². The molecule has 0 bridgehead atoms. The van der Waals surface area contributed by atoms with E-state index in [1.54, 1.807) is 0 Å². The van der Waals surface area contributed by atoms with Gasteiger partial charge in [-0.05, 0) is 47.9 Å². The van der Waals surface area contributed by atoms with Crippen molar-refractivity contribution in [3.05, 3.63) is 84.4 Å². The van der Waals surface area contributed by atoms with Gasteiger partial charge in [0.2, 0.25) is 0 Å². The molecule has 0 amide bonds. The standard InChI is InChI=1S/C26H26O3/c1-3-20-12-14-23(15-13-20)29-19(2)27-16-17-28-26-24-10-6-4-8-21(24)18-22-9-5-7-11-25(22)26/h4-15,18-19H,3,16-17H2,1-2H3. The first-order valence-electron chi connectivity index (χ1n) is 10.1. The van der Waals surface area contributed by atoms with Gasteiger partial charge in [0.15, 0.2) is 6.29 Å². The molecule has 1 atom stereocenters. The van der Waals surface area contributed by atoms with Crippen molar-refractivity contribution in [2.24, 2.45) is 0 Å². The minimum absolute atomic E-state index is 0.338. The van der Waals surface area contributed by atoms with Crippen molar-refractivity contribution >= 4 is 21.5 Å². The number of ether oxygens (including phenoxy) is 3. The second-order valence-corrected chi connectivity index (χ2v) is 7.05. The minimum Gasteiger partial charge on any atom is -0.490 e. The summed E-state index contributed by atoms with van der Waals surface area (Å²) >= 11 is 0. The Bertz CT molecular complexity index is 1030. The maximum absolute atomic E-state index is 6.18. The lowest BCUT2D eigenvalue weighted by Gasteiger charge is -2.17. The molecule has 3 heteroatoms. The fraction of sp³-hybridized carbons (Fsp3) is 0.231. The molecule has 4 aromatic carbocycles. The molecule has 0 aliphatic heterocycles. The van der Waals surface area contributed by atoms with E-state index in [2.05, 4.69) is 61.5 Å². The van der Waals surface area contributed by atoms with E-state index >= 15 is 0 Å². The summed E-state index contributed by atoms with van der Waals surface area (Å²) in [6, 6.07) is 27.0. The van der Waals surface area contributed by atoms with Crippen LogP contribution in [0.1, 0.15) is 19.4 Å². The first-order valence-corrected chi connectivity index (χ1v) is 10.1. The smallest absolute Gasteiger partial charge is 0.197 e. The number of hydrogen-bond donors (Lipinski definition) is 0. The molecule has 0 saturated heterocycles. The molecule has 1 unspecified atom stereocenters. The summed E-state index contributed by atoms with van der Waals surface area (Å²) < 4.78 is 17.8. The van der Waals surface area contributed by atoms with Gasteiger partial charge in [0.05, 0.1) is 6.61 Å². The zero-order valence-corrected chi connectivity index (χ0v) is 16.9. The molecular formula is C26H26O3. The van der Waals surface area contributed by atoms with Gasteiger partial charge in [-0.2, -0.15) is 0 Å². The summed E-state index contributed by atoms with van der Waals surface area (Å²) in [5.74, 6) is 1.72. The molecule has 0 N–H and O–H groups in total. The van der Waals surface area contributed by atoms with Crippen LogP contribution in [0.5, 0.6) is 11.5 Å². The number of fused-ring (bicyclic) bond motifs is 2. The van der Waals surface area contributed by atoms with E-state index in [4.69, 9.17) is 14.2 Å². The van der Waals surface area contributed by atoms with Gasteiger partial charge in [0, 0.05) is 10.8 Å². The molecule has 0 saturated carbocycles. The number of hydrogen-bond acceptors (Lipinski definition) is 3. The van der Waals surface area contributed by atoms with Gasteiger partial charge in [0.1, 0.15) is 18.1 Å². The third-order valence-electron chi connectivity index (χ3n) is 5.04. The molecule has 3 nitrogen and oxygen atoms in total. The van der Waals surface area contributed by atoms with E-state index in [-0.39, 0.29) is 6.29 Å². The molecule has 4 aromatic rings. The highest BCUT2D eigenvalue weighted by Crippen LogP contribution is 2.34. The van der Waals surface area contributed by atoms with Crippen LogP contribution >= 0.6 is 0 Å². The van der Waals surface area contributed by atoms with Crippen molar-refractivity contribution in [3.63, 3.8) is 0 Å². The molecule has 0 aliphatic rings. The highest BCUT2D eigenvalue weighted by molar-refractivity contribution is 6.05. The molecule has 0 radical (unpaired) electrons. The Balaban J connectivity index is 1.39. The highest BCUT2D eigenvalue weighted by Gasteiger charge is 2.09. The van der Waals surface area contributed by atoms with Gasteiger partial charge in [-0.15, -0.1) is 0 Å². The lowest BCUT2D eigenvalue weighted by atomic mass is 10.0. The topological polar surface area (TPSA) is 27.7 Å². The summed E-state index contributed by atoms with van der Waals surface area (Å²) in [7, 11) is 0. The Morgan fingerprint density at radius 2 is 1.38 bits per heavy atom. The molecule has 0 spiro atoms. The normalized spacial score (nSPS) is 12.2. The van der Waals surface area contributed by atoms with Crippen molar-refractivity contribution in [1.82, 2.24) is 0 Å². The van der Waals surface area contributed by atoms with Crippen LogP contribution in [0.15, 0.2) is 78.9 Å². The second kappa shape index (κ2) is 8.97. The lowest BCUT2D eigenvalue weighted by Crippen LogP contribution is -2.20. The van der Waals surface area contributed by atoms with Gasteiger partial charge in [-0.25, -0.2) is 0 Å². The average molecular weight is 386 g/mol. The Morgan fingerprint density at radius 3 is 2.00 bits per heavy atom. The van der Waals surface area contributed by atoms with Gasteiger partial charge < -0.3 is 14.2 Å². The van der Waals surface area contributed by atoms with Crippen LogP contribution in [0.25, 0.3) is 21.5 Å². The van der Waals surface area contributed by atoms with Crippen LogP contribution in [0.4, 0.5) is 0 Å². The van der Waals surface area contributed by atoms with Gasteiger partial charge in [-0.1, -0.05) is 67.6 Å². The molecule has 4 rings (SSSR count). The van der Waals surface area contributed by atoms with Crippen molar-refractivity contribution in [1.29, 1.82) is 0 Å². The fourth-order valence-corrected chi connectivity index (χ4v) is 3.51. The molecule has 148 valence electrons. The molecule has 0 aliphatic carbocycles. The quantitative estimate of drug-likeness (QED) is 0.200. The average Bonchev–Trinajstić information content (AvgIpc) is 2.76. The Morgan fingerprint density at radius 1 is 0.759 bits per heavy atom. The Kier molecular flexibility index (Phi) is 5.97. The van der Waals surface area contributed by atoms with Crippen LogP contribution in [0.2, 0.25) is 0 Å². The summed E-state index contributed by atoms with van der Waals surface area (Å²) in [5, 5.41) is 4.58. The largest absolute Gasteiger partial charge is 0.490 e. The molecule has 0 heterocycles. The van der Waals surface area contributed by atoms with Gasteiger partial charge in [-0.3, -0.25) is 0 Å². The minimum atomic E-state index is -0.338. The van der Waals surface area contributed by atoms with Crippen LogP contribution < -0.4 is 9.47 Å². The first-order chi connectivity index (χ1) is 14.2. The molecule has 29 heavy (non-hydrogen) atoms. The number of benzene rings is 4. The van der Waals surface area contributed by atoms with Crippen LogP contribution in [-0.4, -0.2) is 19.5 Å². The third-order valence-corrected chi connectivity index (χ3v) is 5.04. The zero-order valence-electron chi connectivity index (χ0n) is 16.9. The number of aryl methyl sites for hydroxylation is 1. The molecule has 0 aromatic heterocycles. The summed E-state index contributed by atoms with van der Waals surface area (Å²) in [6.07, 6.45) is 0.683.